The van der Waals surface area contributed by atoms with Crippen molar-refractivity contribution in [3.63, 3.8) is 0 Å². The van der Waals surface area contributed by atoms with Gasteiger partial charge in [-0.3, -0.25) is 0 Å². The average Bonchev–Trinajstić information content (AvgIpc) is 2.76. The van der Waals surface area contributed by atoms with Crippen molar-refractivity contribution in [3.8, 4) is 5.75 Å². The van der Waals surface area contributed by atoms with Crippen LogP contribution >= 0.6 is 0 Å². The number of methoxy groups -OCH3 is 1. The maximum absolute atomic E-state index is 13.2. The highest BCUT2D eigenvalue weighted by Gasteiger charge is 2.52. The minimum absolute atomic E-state index is 0.180. The maximum atomic E-state index is 13.2. The normalized spacial score (nSPS) is 15.2. The van der Waals surface area contributed by atoms with Crippen LogP contribution in [0.2, 0.25) is 0 Å². The smallest absolute Gasteiger partial charge is 0.413 e. The Morgan fingerprint density at radius 3 is 2.52 bits per heavy atom. The van der Waals surface area contributed by atoms with E-state index in [2.05, 4.69) is 4.98 Å². The Hall–Kier alpha value is -1.76. The number of rotatable bonds is 4. The molecule has 116 valence electrons. The maximum Gasteiger partial charge on any atom is 0.413 e. The zero-order valence-corrected chi connectivity index (χ0v) is 12.2. The van der Waals surface area contributed by atoms with Gasteiger partial charge in [-0.25, -0.2) is 4.98 Å². The summed E-state index contributed by atoms with van der Waals surface area (Å²) in [5.41, 5.74) is 4.10. The van der Waals surface area contributed by atoms with Gasteiger partial charge in [-0.1, -0.05) is 6.92 Å². The molecule has 0 amide bonds. The Labute approximate surface area is 120 Å². The summed E-state index contributed by atoms with van der Waals surface area (Å²) in [4.78, 5) is 4.12. The van der Waals surface area contributed by atoms with E-state index in [0.717, 1.165) is 6.92 Å². The van der Waals surface area contributed by atoms with Crippen LogP contribution in [0.5, 0.6) is 5.75 Å². The Kier molecular flexibility index (Phi) is 3.88. The van der Waals surface area contributed by atoms with E-state index in [1.54, 1.807) is 18.2 Å². The predicted molar refractivity (Wildman–Crippen MR) is 74.2 cm³/mol. The lowest BCUT2D eigenvalue weighted by atomic mass is 10.0. The molecule has 0 bridgehead atoms. The third-order valence-electron chi connectivity index (χ3n) is 3.46. The third-order valence-corrected chi connectivity index (χ3v) is 3.46. The molecule has 1 heterocycles. The standard InChI is InChI=1S/C14H18F3N3O/c1-4-7-20-11-6-5-9(21-3)8-10(11)19-12(20)13(2,18)14(15,16)17/h5-6,8H,4,7,18H2,1-3H3. The fourth-order valence-electron chi connectivity index (χ4n) is 2.21. The highest BCUT2D eigenvalue weighted by atomic mass is 19.4. The molecule has 0 fully saturated rings. The molecule has 0 spiro atoms. The number of hydrogen-bond acceptors (Lipinski definition) is 3. The van der Waals surface area contributed by atoms with Gasteiger partial charge in [-0.2, -0.15) is 13.2 Å². The third kappa shape index (κ3) is 2.57. The molecule has 1 aromatic heterocycles. The Morgan fingerprint density at radius 1 is 1.33 bits per heavy atom. The van der Waals surface area contributed by atoms with E-state index in [1.165, 1.54) is 11.7 Å². The van der Waals surface area contributed by atoms with E-state index < -0.39 is 11.7 Å². The number of aromatic nitrogens is 2. The number of ether oxygens (including phenoxy) is 1. The first-order chi connectivity index (χ1) is 9.72. The second-order valence-electron chi connectivity index (χ2n) is 5.14. The van der Waals surface area contributed by atoms with Crippen molar-refractivity contribution in [1.29, 1.82) is 0 Å². The van der Waals surface area contributed by atoms with E-state index in [4.69, 9.17) is 10.5 Å². The molecule has 0 aliphatic heterocycles. The second-order valence-corrected chi connectivity index (χ2v) is 5.14. The van der Waals surface area contributed by atoms with Crippen LogP contribution in [0, 0.1) is 0 Å². The predicted octanol–water partition coefficient (Wildman–Crippen LogP) is 3.19. The number of fused-ring (bicyclic) bond motifs is 1. The van der Waals surface area contributed by atoms with Crippen molar-refractivity contribution in [2.45, 2.75) is 38.5 Å². The average molecular weight is 301 g/mol. The Balaban J connectivity index is 2.70. The minimum Gasteiger partial charge on any atom is -0.497 e. The number of alkyl halides is 3. The topological polar surface area (TPSA) is 53.1 Å². The van der Waals surface area contributed by atoms with Crippen molar-refractivity contribution in [1.82, 2.24) is 9.55 Å². The first-order valence-electron chi connectivity index (χ1n) is 6.62. The number of halogens is 3. The number of aryl methyl sites for hydroxylation is 1. The minimum atomic E-state index is -4.58. The Bertz CT molecular complexity index is 647. The van der Waals surface area contributed by atoms with Gasteiger partial charge in [-0.15, -0.1) is 0 Å². The Morgan fingerprint density at radius 2 is 2.00 bits per heavy atom. The monoisotopic (exact) mass is 301 g/mol. The summed E-state index contributed by atoms with van der Waals surface area (Å²) in [7, 11) is 1.49. The number of benzene rings is 1. The van der Waals surface area contributed by atoms with Gasteiger partial charge in [0.25, 0.3) is 0 Å². The molecule has 2 rings (SSSR count). The summed E-state index contributed by atoms with van der Waals surface area (Å²) < 4.78 is 46.2. The fraction of sp³-hybridized carbons (Fsp3) is 0.500. The second kappa shape index (κ2) is 5.22. The van der Waals surface area contributed by atoms with Crippen LogP contribution in [0.3, 0.4) is 0 Å². The van der Waals surface area contributed by atoms with Gasteiger partial charge in [0.2, 0.25) is 0 Å². The van der Waals surface area contributed by atoms with Crippen LogP contribution < -0.4 is 10.5 Å². The van der Waals surface area contributed by atoms with E-state index in [-0.39, 0.29) is 5.82 Å². The summed E-state index contributed by atoms with van der Waals surface area (Å²) in [6.45, 7) is 3.25. The van der Waals surface area contributed by atoms with Crippen molar-refractivity contribution < 1.29 is 17.9 Å². The quantitative estimate of drug-likeness (QED) is 0.943. The SMILES string of the molecule is CCCn1c(C(C)(N)C(F)(F)F)nc2cc(OC)ccc21. The van der Waals surface area contributed by atoms with Gasteiger partial charge >= 0.3 is 6.18 Å². The highest BCUT2D eigenvalue weighted by molar-refractivity contribution is 5.78. The largest absolute Gasteiger partial charge is 0.497 e. The summed E-state index contributed by atoms with van der Waals surface area (Å²) in [5.74, 6) is 0.362. The molecule has 4 nitrogen and oxygen atoms in total. The highest BCUT2D eigenvalue weighted by Crippen LogP contribution is 2.37. The van der Waals surface area contributed by atoms with Crippen LogP contribution in [-0.2, 0) is 12.1 Å². The lowest BCUT2D eigenvalue weighted by molar-refractivity contribution is -0.186. The van der Waals surface area contributed by atoms with Crippen LogP contribution in [0.25, 0.3) is 11.0 Å². The fourth-order valence-corrected chi connectivity index (χ4v) is 2.21. The van der Waals surface area contributed by atoms with Crippen LogP contribution in [-0.4, -0.2) is 22.8 Å². The van der Waals surface area contributed by atoms with Gasteiger partial charge in [0.1, 0.15) is 11.6 Å². The molecule has 0 radical (unpaired) electrons. The van der Waals surface area contributed by atoms with E-state index >= 15 is 0 Å². The van der Waals surface area contributed by atoms with Crippen molar-refractivity contribution in [2.24, 2.45) is 5.73 Å². The molecule has 1 atom stereocenters. The van der Waals surface area contributed by atoms with Gasteiger partial charge in [0.05, 0.1) is 18.1 Å². The first-order valence-corrected chi connectivity index (χ1v) is 6.62. The van der Waals surface area contributed by atoms with E-state index in [1.807, 2.05) is 6.92 Å². The van der Waals surface area contributed by atoms with E-state index in [0.29, 0.717) is 29.7 Å². The van der Waals surface area contributed by atoms with Crippen LogP contribution in [0.1, 0.15) is 26.1 Å². The zero-order chi connectivity index (χ0) is 15.8. The lowest BCUT2D eigenvalue weighted by Gasteiger charge is -2.27. The van der Waals surface area contributed by atoms with Crippen LogP contribution in [0.15, 0.2) is 18.2 Å². The molecule has 0 aliphatic rings. The van der Waals surface area contributed by atoms with Gasteiger partial charge in [0, 0.05) is 12.6 Å². The number of hydrogen-bond donors (Lipinski definition) is 1. The number of nitrogens with zero attached hydrogens (tertiary/aromatic N) is 2. The number of imidazole rings is 1. The molecular weight excluding hydrogens is 283 g/mol. The summed E-state index contributed by atoms with van der Waals surface area (Å²) in [6, 6.07) is 5.01. The lowest BCUT2D eigenvalue weighted by Crippen LogP contribution is -2.49. The summed E-state index contributed by atoms with van der Waals surface area (Å²) in [6.07, 6.45) is -3.90. The van der Waals surface area contributed by atoms with Crippen molar-refractivity contribution >= 4 is 11.0 Å². The molecular formula is C14H18F3N3O. The number of nitrogens with two attached hydrogens (primary N) is 1. The van der Waals surface area contributed by atoms with Gasteiger partial charge in [0.15, 0.2) is 5.54 Å². The van der Waals surface area contributed by atoms with E-state index in [9.17, 15) is 13.2 Å². The molecule has 1 aromatic carbocycles. The summed E-state index contributed by atoms with van der Waals surface area (Å²) >= 11 is 0. The van der Waals surface area contributed by atoms with Crippen molar-refractivity contribution in [3.05, 3.63) is 24.0 Å². The van der Waals surface area contributed by atoms with Gasteiger partial charge in [-0.05, 0) is 25.5 Å². The zero-order valence-electron chi connectivity index (χ0n) is 12.2. The molecule has 0 aliphatic carbocycles. The molecule has 2 aromatic rings. The molecule has 2 N–H and O–H groups in total. The molecule has 0 saturated carbocycles. The van der Waals surface area contributed by atoms with Crippen LogP contribution in [0.4, 0.5) is 13.2 Å². The first kappa shape index (κ1) is 15.6. The molecule has 0 saturated heterocycles. The summed E-state index contributed by atoms with van der Waals surface area (Å²) in [5, 5.41) is 0. The van der Waals surface area contributed by atoms with Crippen molar-refractivity contribution in [2.75, 3.05) is 7.11 Å². The molecule has 1 unspecified atom stereocenters. The van der Waals surface area contributed by atoms with Gasteiger partial charge < -0.3 is 15.0 Å². The molecule has 21 heavy (non-hydrogen) atoms. The molecule has 7 heteroatoms.